The lowest BCUT2D eigenvalue weighted by Crippen LogP contribution is -3.07. The molecule has 0 saturated heterocycles. The molecule has 1 N–H and O–H groups in total. The number of benzene rings is 1. The SMILES string of the molecule is COc1ccc(C[NH+](C)Cn2nc(-c3ccncc3)n(C)c2=S)cc1. The predicted octanol–water partition coefficient (Wildman–Crippen LogP) is 1.69. The van der Waals surface area contributed by atoms with Gasteiger partial charge < -0.3 is 14.2 Å². The average Bonchev–Trinajstić information content (AvgIpc) is 2.91. The Kier molecular flexibility index (Phi) is 5.25. The van der Waals surface area contributed by atoms with Gasteiger partial charge in [-0.25, -0.2) is 0 Å². The minimum Gasteiger partial charge on any atom is -0.497 e. The maximum absolute atomic E-state index is 5.55. The van der Waals surface area contributed by atoms with Crippen molar-refractivity contribution in [2.45, 2.75) is 13.2 Å². The van der Waals surface area contributed by atoms with Crippen molar-refractivity contribution in [3.8, 4) is 17.1 Å². The fourth-order valence-electron chi connectivity index (χ4n) is 2.75. The number of methoxy groups -OCH3 is 1. The van der Waals surface area contributed by atoms with E-state index in [9.17, 15) is 0 Å². The summed E-state index contributed by atoms with van der Waals surface area (Å²) in [6, 6.07) is 12.0. The Hall–Kier alpha value is -2.51. The molecule has 2 heterocycles. The highest BCUT2D eigenvalue weighted by Crippen LogP contribution is 2.15. The molecule has 0 aliphatic heterocycles. The van der Waals surface area contributed by atoms with E-state index in [1.54, 1.807) is 19.5 Å². The number of ether oxygens (including phenoxy) is 1. The molecule has 1 atom stereocenters. The fraction of sp³-hybridized carbons (Fsp3) is 0.278. The topological polar surface area (TPSA) is 49.3 Å². The van der Waals surface area contributed by atoms with Gasteiger partial charge in [0.2, 0.25) is 4.77 Å². The second-order valence-electron chi connectivity index (χ2n) is 6.04. The van der Waals surface area contributed by atoms with E-state index in [1.807, 2.05) is 40.6 Å². The molecule has 3 rings (SSSR count). The lowest BCUT2D eigenvalue weighted by molar-refractivity contribution is -0.917. The number of pyridine rings is 1. The molecule has 0 spiro atoms. The minimum atomic E-state index is 0.698. The first-order chi connectivity index (χ1) is 12.1. The standard InChI is InChI=1S/C18H21N5OS/c1-21(12-14-4-6-16(24-3)7-5-14)13-23-18(25)22(2)17(20-23)15-8-10-19-11-9-15/h4-11H,12-13H2,1-3H3/p+1. The lowest BCUT2D eigenvalue weighted by Gasteiger charge is -2.14. The van der Waals surface area contributed by atoms with Crippen molar-refractivity contribution in [2.75, 3.05) is 14.2 Å². The quantitative estimate of drug-likeness (QED) is 0.683. The molecule has 0 bridgehead atoms. The number of nitrogens with zero attached hydrogens (tertiary/aromatic N) is 4. The summed E-state index contributed by atoms with van der Waals surface area (Å²) in [7, 11) is 5.75. The van der Waals surface area contributed by atoms with Crippen molar-refractivity contribution in [1.29, 1.82) is 0 Å². The molecule has 0 aliphatic carbocycles. The van der Waals surface area contributed by atoms with Crippen LogP contribution in [0, 0.1) is 4.77 Å². The lowest BCUT2D eigenvalue weighted by atomic mass is 10.2. The fourth-order valence-corrected chi connectivity index (χ4v) is 2.94. The molecule has 130 valence electrons. The Morgan fingerprint density at radius 1 is 1.12 bits per heavy atom. The van der Waals surface area contributed by atoms with Gasteiger partial charge in [0.05, 0.1) is 14.2 Å². The first kappa shape index (κ1) is 17.3. The number of rotatable bonds is 6. The van der Waals surface area contributed by atoms with Crippen molar-refractivity contribution in [2.24, 2.45) is 7.05 Å². The molecule has 1 aromatic carbocycles. The molecular weight excluding hydrogens is 334 g/mol. The van der Waals surface area contributed by atoms with Crippen molar-refractivity contribution in [3.05, 3.63) is 59.1 Å². The van der Waals surface area contributed by atoms with E-state index in [1.165, 1.54) is 10.5 Å². The summed E-state index contributed by atoms with van der Waals surface area (Å²) in [5, 5.41) is 4.70. The van der Waals surface area contributed by atoms with E-state index in [2.05, 4.69) is 24.2 Å². The van der Waals surface area contributed by atoms with Gasteiger partial charge in [-0.1, -0.05) is 0 Å². The van der Waals surface area contributed by atoms with E-state index in [-0.39, 0.29) is 0 Å². The third kappa shape index (κ3) is 3.94. The van der Waals surface area contributed by atoms with Crippen molar-refractivity contribution < 1.29 is 9.64 Å². The highest BCUT2D eigenvalue weighted by Gasteiger charge is 2.13. The van der Waals surface area contributed by atoms with Crippen LogP contribution in [0.15, 0.2) is 48.8 Å². The normalized spacial score (nSPS) is 12.1. The third-order valence-electron chi connectivity index (χ3n) is 4.06. The van der Waals surface area contributed by atoms with Crippen LogP contribution in [0.1, 0.15) is 5.56 Å². The van der Waals surface area contributed by atoms with Crippen LogP contribution in [-0.2, 0) is 20.3 Å². The molecule has 7 heteroatoms. The molecule has 1 unspecified atom stereocenters. The van der Waals surface area contributed by atoms with E-state index in [0.29, 0.717) is 11.4 Å². The number of quaternary nitrogens is 1. The summed E-state index contributed by atoms with van der Waals surface area (Å²) >= 11 is 5.55. The van der Waals surface area contributed by atoms with Gasteiger partial charge in [-0.3, -0.25) is 4.98 Å². The summed E-state index contributed by atoms with van der Waals surface area (Å²) in [6.45, 7) is 1.58. The number of aromatic nitrogens is 4. The predicted molar refractivity (Wildman–Crippen MR) is 98.8 cm³/mol. The van der Waals surface area contributed by atoms with Crippen LogP contribution in [0.25, 0.3) is 11.4 Å². The van der Waals surface area contributed by atoms with E-state index in [0.717, 1.165) is 23.7 Å². The molecule has 0 saturated carbocycles. The summed E-state index contributed by atoms with van der Waals surface area (Å²) < 4.78 is 9.73. The van der Waals surface area contributed by atoms with Crippen LogP contribution in [0.4, 0.5) is 0 Å². The van der Waals surface area contributed by atoms with Crippen LogP contribution in [-0.4, -0.2) is 33.5 Å². The summed E-state index contributed by atoms with van der Waals surface area (Å²) in [5.74, 6) is 1.72. The number of hydrogen-bond donors (Lipinski definition) is 1. The maximum Gasteiger partial charge on any atom is 0.202 e. The molecule has 3 aromatic rings. The zero-order valence-corrected chi connectivity index (χ0v) is 15.5. The van der Waals surface area contributed by atoms with Crippen LogP contribution < -0.4 is 9.64 Å². The van der Waals surface area contributed by atoms with Crippen molar-refractivity contribution in [3.63, 3.8) is 0 Å². The summed E-state index contributed by atoms with van der Waals surface area (Å²) in [6.07, 6.45) is 3.52. The number of hydrogen-bond acceptors (Lipinski definition) is 4. The van der Waals surface area contributed by atoms with E-state index in [4.69, 9.17) is 22.1 Å². The van der Waals surface area contributed by atoms with Crippen molar-refractivity contribution in [1.82, 2.24) is 19.3 Å². The van der Waals surface area contributed by atoms with Gasteiger partial charge in [-0.15, -0.1) is 5.10 Å². The van der Waals surface area contributed by atoms with E-state index >= 15 is 0 Å². The average molecular weight is 356 g/mol. The molecule has 0 amide bonds. The highest BCUT2D eigenvalue weighted by atomic mass is 32.1. The molecular formula is C18H22N5OS+. The Bertz CT molecular complexity index is 886. The minimum absolute atomic E-state index is 0.698. The summed E-state index contributed by atoms with van der Waals surface area (Å²) in [4.78, 5) is 5.35. The van der Waals surface area contributed by atoms with Gasteiger partial charge in [-0.05, 0) is 48.6 Å². The third-order valence-corrected chi connectivity index (χ3v) is 4.55. The maximum atomic E-state index is 5.55. The van der Waals surface area contributed by atoms with E-state index < -0.39 is 0 Å². The molecule has 0 fully saturated rings. The van der Waals surface area contributed by atoms with Gasteiger partial charge >= 0.3 is 0 Å². The van der Waals surface area contributed by atoms with Crippen LogP contribution >= 0.6 is 12.2 Å². The molecule has 6 nitrogen and oxygen atoms in total. The van der Waals surface area contributed by atoms with Crippen LogP contribution in [0.2, 0.25) is 0 Å². The monoisotopic (exact) mass is 356 g/mol. The van der Waals surface area contributed by atoms with Gasteiger partial charge in [-0.2, -0.15) is 4.68 Å². The smallest absolute Gasteiger partial charge is 0.202 e. The Morgan fingerprint density at radius 2 is 1.80 bits per heavy atom. The van der Waals surface area contributed by atoms with Crippen molar-refractivity contribution >= 4 is 12.2 Å². The zero-order chi connectivity index (χ0) is 17.8. The Balaban J connectivity index is 1.75. The Labute approximate surface area is 152 Å². The van der Waals surface area contributed by atoms with Gasteiger partial charge in [0.25, 0.3) is 0 Å². The second-order valence-corrected chi connectivity index (χ2v) is 6.41. The first-order valence-corrected chi connectivity index (χ1v) is 8.48. The van der Waals surface area contributed by atoms with Gasteiger partial charge in [0.1, 0.15) is 12.3 Å². The van der Waals surface area contributed by atoms with Gasteiger partial charge in [0.15, 0.2) is 12.5 Å². The molecule has 2 aromatic heterocycles. The number of nitrogens with one attached hydrogen (secondary N) is 1. The van der Waals surface area contributed by atoms with Crippen LogP contribution in [0.3, 0.4) is 0 Å². The second kappa shape index (κ2) is 7.58. The first-order valence-electron chi connectivity index (χ1n) is 8.07. The Morgan fingerprint density at radius 3 is 2.44 bits per heavy atom. The molecule has 0 aliphatic rings. The molecule has 0 radical (unpaired) electrons. The van der Waals surface area contributed by atoms with Gasteiger partial charge in [0, 0.05) is 30.6 Å². The molecule has 25 heavy (non-hydrogen) atoms. The summed E-state index contributed by atoms with van der Waals surface area (Å²) in [5.41, 5.74) is 2.25. The van der Waals surface area contributed by atoms with Crippen LogP contribution in [0.5, 0.6) is 5.75 Å². The zero-order valence-electron chi connectivity index (χ0n) is 14.6. The largest absolute Gasteiger partial charge is 0.497 e. The highest BCUT2D eigenvalue weighted by molar-refractivity contribution is 7.71.